The predicted octanol–water partition coefficient (Wildman–Crippen LogP) is 3.92. The lowest BCUT2D eigenvalue weighted by Crippen LogP contribution is -2.09. The molecule has 1 N–H and O–H groups in total. The van der Waals surface area contributed by atoms with Crippen molar-refractivity contribution < 1.29 is 0 Å². The summed E-state index contributed by atoms with van der Waals surface area (Å²) in [6, 6.07) is 9.01. The molecule has 88 valence electrons. The van der Waals surface area contributed by atoms with Gasteiger partial charge in [-0.2, -0.15) is 0 Å². The Morgan fingerprint density at radius 3 is 2.88 bits per heavy atom. The molecule has 0 unspecified atom stereocenters. The summed E-state index contributed by atoms with van der Waals surface area (Å²) in [5, 5.41) is 1.26. The number of fused-ring (bicyclic) bond motifs is 1. The SMILES string of the molecule is C(=NC1CCCCC1)c1cccc2cc[nH]c12. The van der Waals surface area contributed by atoms with E-state index < -0.39 is 0 Å². The van der Waals surface area contributed by atoms with Gasteiger partial charge in [0.2, 0.25) is 0 Å². The predicted molar refractivity (Wildman–Crippen MR) is 72.8 cm³/mol. The van der Waals surface area contributed by atoms with Crippen molar-refractivity contribution >= 4 is 17.1 Å². The van der Waals surface area contributed by atoms with Crippen LogP contribution in [0.25, 0.3) is 10.9 Å². The molecule has 1 heterocycles. The molecule has 0 aliphatic heterocycles. The molecule has 1 aromatic heterocycles. The highest BCUT2D eigenvalue weighted by Crippen LogP contribution is 2.21. The van der Waals surface area contributed by atoms with Crippen LogP contribution in [-0.4, -0.2) is 17.2 Å². The molecule has 2 aromatic rings. The number of para-hydroxylation sites is 1. The molecule has 1 fully saturated rings. The van der Waals surface area contributed by atoms with E-state index in [0.717, 1.165) is 0 Å². The van der Waals surface area contributed by atoms with Crippen molar-refractivity contribution in [2.24, 2.45) is 4.99 Å². The van der Waals surface area contributed by atoms with Gasteiger partial charge >= 0.3 is 0 Å². The van der Waals surface area contributed by atoms with E-state index >= 15 is 0 Å². The zero-order valence-corrected chi connectivity index (χ0v) is 10.0. The summed E-state index contributed by atoms with van der Waals surface area (Å²) in [5.74, 6) is 0. The van der Waals surface area contributed by atoms with Gasteiger partial charge in [0.25, 0.3) is 0 Å². The highest BCUT2D eigenvalue weighted by atomic mass is 14.8. The molecule has 1 aliphatic carbocycles. The van der Waals surface area contributed by atoms with E-state index in [9.17, 15) is 0 Å². The summed E-state index contributed by atoms with van der Waals surface area (Å²) in [4.78, 5) is 8.02. The van der Waals surface area contributed by atoms with E-state index in [1.807, 2.05) is 6.20 Å². The Balaban J connectivity index is 1.83. The Morgan fingerprint density at radius 1 is 1.12 bits per heavy atom. The van der Waals surface area contributed by atoms with Crippen LogP contribution in [0, 0.1) is 0 Å². The van der Waals surface area contributed by atoms with Crippen LogP contribution in [-0.2, 0) is 0 Å². The zero-order valence-electron chi connectivity index (χ0n) is 10.0. The van der Waals surface area contributed by atoms with Gasteiger partial charge in [0.1, 0.15) is 0 Å². The van der Waals surface area contributed by atoms with Crippen LogP contribution in [0.1, 0.15) is 37.7 Å². The molecule has 0 atom stereocenters. The van der Waals surface area contributed by atoms with E-state index in [4.69, 9.17) is 4.99 Å². The quantitative estimate of drug-likeness (QED) is 0.752. The minimum Gasteiger partial charge on any atom is -0.361 e. The van der Waals surface area contributed by atoms with Gasteiger partial charge in [0.15, 0.2) is 0 Å². The third kappa shape index (κ3) is 2.26. The van der Waals surface area contributed by atoms with Gasteiger partial charge in [-0.1, -0.05) is 37.5 Å². The second-order valence-corrected chi connectivity index (χ2v) is 4.86. The average molecular weight is 226 g/mol. The molecule has 2 nitrogen and oxygen atoms in total. The molecular formula is C15H18N2. The number of nitrogens with zero attached hydrogens (tertiary/aromatic N) is 1. The molecule has 17 heavy (non-hydrogen) atoms. The fourth-order valence-electron chi connectivity index (χ4n) is 2.63. The second kappa shape index (κ2) is 4.74. The first-order valence-corrected chi connectivity index (χ1v) is 6.53. The minimum atomic E-state index is 0.550. The number of hydrogen-bond donors (Lipinski definition) is 1. The van der Waals surface area contributed by atoms with E-state index in [2.05, 4.69) is 35.5 Å². The number of aromatic nitrogens is 1. The first kappa shape index (κ1) is 10.6. The van der Waals surface area contributed by atoms with Crippen LogP contribution in [0.4, 0.5) is 0 Å². The van der Waals surface area contributed by atoms with Crippen LogP contribution in [0.2, 0.25) is 0 Å². The number of H-pyrrole nitrogens is 1. The fourth-order valence-corrected chi connectivity index (χ4v) is 2.63. The molecular weight excluding hydrogens is 208 g/mol. The lowest BCUT2D eigenvalue weighted by molar-refractivity contribution is 0.444. The van der Waals surface area contributed by atoms with Crippen LogP contribution < -0.4 is 0 Å². The Hall–Kier alpha value is -1.57. The van der Waals surface area contributed by atoms with Crippen LogP contribution in [0.15, 0.2) is 35.5 Å². The molecule has 1 saturated carbocycles. The van der Waals surface area contributed by atoms with Gasteiger partial charge in [-0.3, -0.25) is 4.99 Å². The number of aromatic amines is 1. The van der Waals surface area contributed by atoms with Crippen molar-refractivity contribution in [1.29, 1.82) is 0 Å². The maximum absolute atomic E-state index is 4.74. The first-order chi connectivity index (χ1) is 8.43. The smallest absolute Gasteiger partial charge is 0.0542 e. The van der Waals surface area contributed by atoms with E-state index in [0.29, 0.717) is 6.04 Å². The van der Waals surface area contributed by atoms with Gasteiger partial charge in [-0.15, -0.1) is 0 Å². The molecule has 1 aliphatic rings. The first-order valence-electron chi connectivity index (χ1n) is 6.53. The number of nitrogens with one attached hydrogen (secondary N) is 1. The van der Waals surface area contributed by atoms with Crippen LogP contribution in [0.5, 0.6) is 0 Å². The molecule has 3 rings (SSSR count). The molecule has 0 saturated heterocycles. The second-order valence-electron chi connectivity index (χ2n) is 4.86. The number of aliphatic imine (C=N–C) groups is 1. The van der Waals surface area contributed by atoms with Gasteiger partial charge in [0.05, 0.1) is 5.52 Å². The van der Waals surface area contributed by atoms with Crippen molar-refractivity contribution in [3.63, 3.8) is 0 Å². The summed E-state index contributed by atoms with van der Waals surface area (Å²) >= 11 is 0. The molecule has 0 amide bonds. The largest absolute Gasteiger partial charge is 0.361 e. The number of hydrogen-bond acceptors (Lipinski definition) is 1. The van der Waals surface area contributed by atoms with Crippen molar-refractivity contribution in [2.75, 3.05) is 0 Å². The fraction of sp³-hybridized carbons (Fsp3) is 0.400. The van der Waals surface area contributed by atoms with E-state index in [1.165, 1.54) is 48.6 Å². The Kier molecular flexibility index (Phi) is 2.95. The monoisotopic (exact) mass is 226 g/mol. The number of benzene rings is 1. The van der Waals surface area contributed by atoms with Crippen molar-refractivity contribution in [3.05, 3.63) is 36.0 Å². The summed E-state index contributed by atoms with van der Waals surface area (Å²) in [7, 11) is 0. The highest BCUT2D eigenvalue weighted by molar-refractivity contribution is 5.97. The molecule has 0 radical (unpaired) electrons. The maximum Gasteiger partial charge on any atom is 0.0542 e. The lowest BCUT2D eigenvalue weighted by atomic mass is 9.96. The van der Waals surface area contributed by atoms with Gasteiger partial charge in [-0.25, -0.2) is 0 Å². The standard InChI is InChI=1S/C15H18N2/c1-2-7-14(8-3-1)17-11-13-6-4-5-12-9-10-16-15(12)13/h4-6,9-11,14,16H,1-3,7-8H2. The molecule has 2 heteroatoms. The van der Waals surface area contributed by atoms with E-state index in [1.54, 1.807) is 0 Å². The zero-order chi connectivity index (χ0) is 11.5. The summed E-state index contributed by atoms with van der Waals surface area (Å²) < 4.78 is 0. The minimum absolute atomic E-state index is 0.550. The Labute approximate surface area is 102 Å². The van der Waals surface area contributed by atoms with Crippen molar-refractivity contribution in [1.82, 2.24) is 4.98 Å². The Bertz CT molecular complexity index is 518. The topological polar surface area (TPSA) is 28.1 Å². The lowest BCUT2D eigenvalue weighted by Gasteiger charge is -2.17. The van der Waals surface area contributed by atoms with Crippen molar-refractivity contribution in [3.8, 4) is 0 Å². The third-order valence-corrected chi connectivity index (χ3v) is 3.62. The summed E-state index contributed by atoms with van der Waals surface area (Å²) in [6.07, 6.45) is 10.6. The summed E-state index contributed by atoms with van der Waals surface area (Å²) in [5.41, 5.74) is 2.41. The highest BCUT2D eigenvalue weighted by Gasteiger charge is 2.10. The summed E-state index contributed by atoms with van der Waals surface area (Å²) in [6.45, 7) is 0. The number of rotatable bonds is 2. The van der Waals surface area contributed by atoms with Crippen molar-refractivity contribution in [2.45, 2.75) is 38.1 Å². The average Bonchev–Trinajstić information content (AvgIpc) is 2.86. The van der Waals surface area contributed by atoms with Gasteiger partial charge < -0.3 is 4.98 Å². The van der Waals surface area contributed by atoms with Crippen LogP contribution >= 0.6 is 0 Å². The van der Waals surface area contributed by atoms with Gasteiger partial charge in [0, 0.05) is 29.4 Å². The molecule has 0 bridgehead atoms. The van der Waals surface area contributed by atoms with Crippen LogP contribution in [0.3, 0.4) is 0 Å². The van der Waals surface area contributed by atoms with E-state index in [-0.39, 0.29) is 0 Å². The normalized spacial score (nSPS) is 18.1. The maximum atomic E-state index is 4.74. The van der Waals surface area contributed by atoms with Gasteiger partial charge in [-0.05, 0) is 18.9 Å². The molecule has 1 aromatic carbocycles. The molecule has 0 spiro atoms. The Morgan fingerprint density at radius 2 is 2.00 bits per heavy atom. The third-order valence-electron chi connectivity index (χ3n) is 3.62.